The maximum Gasteiger partial charge on any atom is 0.244 e. The highest BCUT2D eigenvalue weighted by Crippen LogP contribution is 2.25. The van der Waals surface area contributed by atoms with Gasteiger partial charge in [-0.15, -0.1) is 0 Å². The molecule has 0 amide bonds. The molecule has 0 spiro atoms. The maximum atomic E-state index is 13.5. The van der Waals surface area contributed by atoms with E-state index in [4.69, 9.17) is 0 Å². The lowest BCUT2D eigenvalue weighted by atomic mass is 10.3. The summed E-state index contributed by atoms with van der Waals surface area (Å²) in [4.78, 5) is -0.592. The number of sulfonamides is 1. The molecule has 0 aliphatic rings. The van der Waals surface area contributed by atoms with Gasteiger partial charge in [-0.3, -0.25) is 0 Å². The Hall–Kier alpha value is -0.790. The van der Waals surface area contributed by atoms with E-state index in [1.54, 1.807) is 6.08 Å². The Morgan fingerprint density at radius 1 is 1.39 bits per heavy atom. The van der Waals surface area contributed by atoms with Gasteiger partial charge in [-0.25, -0.2) is 21.9 Å². The molecule has 100 valence electrons. The average molecular weight is 340 g/mol. The molecular weight excluding hydrogens is 328 g/mol. The second-order valence-electron chi connectivity index (χ2n) is 3.83. The van der Waals surface area contributed by atoms with Gasteiger partial charge in [0.05, 0.1) is 0 Å². The summed E-state index contributed by atoms with van der Waals surface area (Å²) in [5.74, 6) is -1.98. The maximum absolute atomic E-state index is 13.5. The Morgan fingerprint density at radius 2 is 2.00 bits per heavy atom. The van der Waals surface area contributed by atoms with E-state index < -0.39 is 26.6 Å². The normalized spacial score (nSPS) is 11.4. The zero-order chi connectivity index (χ0) is 13.9. The molecule has 0 saturated carbocycles. The second-order valence-corrected chi connectivity index (χ2v) is 6.39. The average Bonchev–Trinajstić information content (AvgIpc) is 2.13. The van der Waals surface area contributed by atoms with Gasteiger partial charge < -0.3 is 0 Å². The third-order valence-electron chi connectivity index (χ3n) is 2.02. The van der Waals surface area contributed by atoms with Gasteiger partial charge in [-0.05, 0) is 35.8 Å². The Kier molecular flexibility index (Phi) is 5.01. The lowest BCUT2D eigenvalue weighted by Gasteiger charge is -2.08. The van der Waals surface area contributed by atoms with E-state index in [9.17, 15) is 17.2 Å². The van der Waals surface area contributed by atoms with E-state index >= 15 is 0 Å². The quantitative estimate of drug-likeness (QED) is 0.857. The summed E-state index contributed by atoms with van der Waals surface area (Å²) in [6, 6.07) is 1.43. The predicted octanol–water partition coefficient (Wildman–Crippen LogP) is 2.97. The highest BCUT2D eigenvalue weighted by Gasteiger charge is 2.22. The van der Waals surface area contributed by atoms with Gasteiger partial charge >= 0.3 is 0 Å². The van der Waals surface area contributed by atoms with E-state index in [0.29, 0.717) is 6.07 Å². The largest absolute Gasteiger partial charge is 0.244 e. The topological polar surface area (TPSA) is 46.2 Å². The monoisotopic (exact) mass is 339 g/mol. The van der Waals surface area contributed by atoms with Crippen LogP contribution in [0.3, 0.4) is 0 Å². The molecule has 0 fully saturated rings. The number of benzene rings is 1. The van der Waals surface area contributed by atoms with Crippen LogP contribution >= 0.6 is 15.9 Å². The molecule has 0 aromatic heterocycles. The molecule has 1 aromatic carbocycles. The van der Waals surface area contributed by atoms with Gasteiger partial charge in [-0.2, -0.15) is 0 Å². The van der Waals surface area contributed by atoms with Crippen molar-refractivity contribution in [3.63, 3.8) is 0 Å². The molecule has 0 atom stereocenters. The van der Waals surface area contributed by atoms with E-state index in [1.165, 1.54) is 0 Å². The zero-order valence-corrected chi connectivity index (χ0v) is 12.2. The molecule has 7 heteroatoms. The van der Waals surface area contributed by atoms with Gasteiger partial charge in [0.1, 0.15) is 16.5 Å². The number of hydrogen-bond acceptors (Lipinski definition) is 2. The van der Waals surface area contributed by atoms with Crippen LogP contribution in [0.4, 0.5) is 8.78 Å². The fraction of sp³-hybridized carbons (Fsp3) is 0.273. The minimum Gasteiger partial charge on any atom is -0.207 e. The molecule has 3 nitrogen and oxygen atoms in total. The summed E-state index contributed by atoms with van der Waals surface area (Å²) in [6.07, 6.45) is 1.65. The van der Waals surface area contributed by atoms with Gasteiger partial charge in [-0.1, -0.05) is 11.6 Å². The summed E-state index contributed by atoms with van der Waals surface area (Å²) in [5, 5.41) is 0. The zero-order valence-electron chi connectivity index (χ0n) is 9.80. The minimum atomic E-state index is -4.02. The lowest BCUT2D eigenvalue weighted by Crippen LogP contribution is -2.25. The van der Waals surface area contributed by atoms with Crippen molar-refractivity contribution in [1.29, 1.82) is 0 Å². The van der Waals surface area contributed by atoms with Crippen LogP contribution < -0.4 is 4.72 Å². The Bertz CT molecular complexity index is 558. The first kappa shape index (κ1) is 15.3. The molecule has 0 saturated heterocycles. The molecule has 0 unspecified atom stereocenters. The highest BCUT2D eigenvalue weighted by atomic mass is 79.9. The molecule has 0 aliphatic heterocycles. The number of allylic oxidation sites excluding steroid dienone is 1. The SMILES string of the molecule is CC(C)=CCNS(=O)(=O)c1c(F)cc(F)cc1Br. The summed E-state index contributed by atoms with van der Waals surface area (Å²) < 4.78 is 52.1. The number of nitrogens with one attached hydrogen (secondary N) is 1. The van der Waals surface area contributed by atoms with Crippen LogP contribution in [0.5, 0.6) is 0 Å². The van der Waals surface area contributed by atoms with Gasteiger partial charge in [0.2, 0.25) is 10.0 Å². The van der Waals surface area contributed by atoms with Crippen LogP contribution in [0.15, 0.2) is 33.2 Å². The molecule has 1 aromatic rings. The molecule has 1 rings (SSSR count). The summed E-state index contributed by atoms with van der Waals surface area (Å²) in [6.45, 7) is 3.67. The van der Waals surface area contributed by atoms with Gasteiger partial charge in [0.15, 0.2) is 0 Å². The minimum absolute atomic E-state index is 0.0495. The summed E-state index contributed by atoms with van der Waals surface area (Å²) in [7, 11) is -4.02. The van der Waals surface area contributed by atoms with Gasteiger partial charge in [0.25, 0.3) is 0 Å². The first-order valence-electron chi connectivity index (χ1n) is 5.01. The van der Waals surface area contributed by atoms with Crippen molar-refractivity contribution in [2.75, 3.05) is 6.54 Å². The number of rotatable bonds is 4. The Balaban J connectivity index is 3.10. The highest BCUT2D eigenvalue weighted by molar-refractivity contribution is 9.10. The summed E-state index contributed by atoms with van der Waals surface area (Å²) in [5.41, 5.74) is 0.927. The molecule has 0 bridgehead atoms. The van der Waals surface area contributed by atoms with Crippen molar-refractivity contribution in [2.45, 2.75) is 18.7 Å². The standard InChI is InChI=1S/C11H12BrF2NO2S/c1-7(2)3-4-15-18(16,17)11-9(12)5-8(13)6-10(11)14/h3,5-6,15H,4H2,1-2H3. The van der Waals surface area contributed by atoms with Crippen LogP contribution in [-0.2, 0) is 10.0 Å². The fourth-order valence-corrected chi connectivity index (χ4v) is 3.34. The first-order valence-corrected chi connectivity index (χ1v) is 7.29. The third-order valence-corrected chi connectivity index (χ3v) is 4.40. The fourth-order valence-electron chi connectivity index (χ4n) is 1.21. The molecule has 0 aliphatic carbocycles. The smallest absolute Gasteiger partial charge is 0.207 e. The second kappa shape index (κ2) is 5.90. The van der Waals surface area contributed by atoms with Crippen LogP contribution in [0.25, 0.3) is 0 Å². The molecule has 0 radical (unpaired) electrons. The van der Waals surface area contributed by atoms with Crippen molar-refractivity contribution < 1.29 is 17.2 Å². The first-order chi connectivity index (χ1) is 8.24. The number of halogens is 3. The molecule has 18 heavy (non-hydrogen) atoms. The third kappa shape index (κ3) is 3.86. The van der Waals surface area contributed by atoms with Crippen molar-refractivity contribution in [3.05, 3.63) is 39.9 Å². The van der Waals surface area contributed by atoms with E-state index in [0.717, 1.165) is 11.6 Å². The van der Waals surface area contributed by atoms with Crippen molar-refractivity contribution >= 4 is 26.0 Å². The van der Waals surface area contributed by atoms with Crippen LogP contribution in [-0.4, -0.2) is 15.0 Å². The predicted molar refractivity (Wildman–Crippen MR) is 68.7 cm³/mol. The van der Waals surface area contributed by atoms with Crippen LogP contribution in [0, 0.1) is 11.6 Å². The van der Waals surface area contributed by atoms with Crippen LogP contribution in [0.1, 0.15) is 13.8 Å². The number of hydrogen-bond donors (Lipinski definition) is 1. The van der Waals surface area contributed by atoms with Crippen molar-refractivity contribution in [2.24, 2.45) is 0 Å². The summed E-state index contributed by atoms with van der Waals surface area (Å²) >= 11 is 2.84. The van der Waals surface area contributed by atoms with E-state index in [-0.39, 0.29) is 11.0 Å². The Labute approximate surface area is 113 Å². The lowest BCUT2D eigenvalue weighted by molar-refractivity contribution is 0.542. The molecule has 0 heterocycles. The van der Waals surface area contributed by atoms with Crippen molar-refractivity contribution in [3.8, 4) is 0 Å². The van der Waals surface area contributed by atoms with Crippen molar-refractivity contribution in [1.82, 2.24) is 4.72 Å². The van der Waals surface area contributed by atoms with E-state index in [1.807, 2.05) is 13.8 Å². The van der Waals surface area contributed by atoms with Crippen LogP contribution in [0.2, 0.25) is 0 Å². The Morgan fingerprint density at radius 3 is 2.50 bits per heavy atom. The van der Waals surface area contributed by atoms with E-state index in [2.05, 4.69) is 20.7 Å². The molecular formula is C11H12BrF2NO2S. The molecule has 1 N–H and O–H groups in total. The van der Waals surface area contributed by atoms with Gasteiger partial charge in [0, 0.05) is 17.1 Å².